The van der Waals surface area contributed by atoms with Crippen LogP contribution in [0.4, 0.5) is 0 Å². The van der Waals surface area contributed by atoms with E-state index in [0.717, 1.165) is 83.1 Å². The molecule has 4 aromatic carbocycles. The van der Waals surface area contributed by atoms with Gasteiger partial charge in [-0.3, -0.25) is 9.59 Å². The smallest absolute Gasteiger partial charge is 0.245 e. The highest BCUT2D eigenvalue weighted by molar-refractivity contribution is 6.08. The highest BCUT2D eigenvalue weighted by Gasteiger charge is 2.22. The number of carbonyl (C=O) groups excluding carboxylic acids is 2. The Kier molecular flexibility index (Phi) is 12.5. The minimum absolute atomic E-state index is 0.173. The number of nitrogens with zero attached hydrogens (tertiary/aromatic N) is 6. The third-order valence-electron chi connectivity index (χ3n) is 11.2. The van der Waals surface area contributed by atoms with Gasteiger partial charge in [-0.25, -0.2) is 29.9 Å². The zero-order chi connectivity index (χ0) is 43.8. The van der Waals surface area contributed by atoms with Crippen LogP contribution in [0, 0.1) is 0 Å². The van der Waals surface area contributed by atoms with E-state index in [-0.39, 0.29) is 23.8 Å². The molecule has 0 bridgehead atoms. The third kappa shape index (κ3) is 9.38. The number of imidazole rings is 2. The quantitative estimate of drug-likeness (QED) is 0.111. The number of aromatic amines is 2. The fraction of sp³-hybridized carbons (Fsp3) is 0.200. The predicted octanol–water partition coefficient (Wildman–Crippen LogP) is 9.92. The number of fused-ring (bicyclic) bond motifs is 2. The van der Waals surface area contributed by atoms with Crippen LogP contribution in [0.3, 0.4) is 0 Å². The first-order chi connectivity index (χ1) is 31.4. The summed E-state index contributed by atoms with van der Waals surface area (Å²) in [7, 11) is 3.48. The number of allylic oxidation sites excluding steroid dienone is 2. The lowest BCUT2D eigenvalue weighted by Gasteiger charge is -2.21. The number of nitrogens with one attached hydrogen (secondary N) is 2. The van der Waals surface area contributed by atoms with Crippen molar-refractivity contribution in [3.8, 4) is 23.3 Å². The van der Waals surface area contributed by atoms with Crippen LogP contribution in [0.1, 0.15) is 82.3 Å². The van der Waals surface area contributed by atoms with Gasteiger partial charge in [0.2, 0.25) is 23.3 Å². The maximum atomic E-state index is 12.8. The van der Waals surface area contributed by atoms with Gasteiger partial charge in [0.1, 0.15) is 22.9 Å². The summed E-state index contributed by atoms with van der Waals surface area (Å²) in [5.74, 6) is 2.35. The Morgan fingerprint density at radius 2 is 0.938 bits per heavy atom. The van der Waals surface area contributed by atoms with Crippen LogP contribution in [0.2, 0.25) is 0 Å². The average molecular weight is 853 g/mol. The Morgan fingerprint density at radius 1 is 0.531 bits per heavy atom. The minimum atomic E-state index is -0.173. The number of carbonyl (C=O) groups is 2. The molecule has 0 saturated heterocycles. The summed E-state index contributed by atoms with van der Waals surface area (Å²) in [5.41, 5.74) is 7.94. The van der Waals surface area contributed by atoms with Gasteiger partial charge in [-0.15, -0.1) is 0 Å². The summed E-state index contributed by atoms with van der Waals surface area (Å²) < 4.78 is 22.9. The minimum Gasteiger partial charge on any atom is -0.437 e. The fourth-order valence-electron chi connectivity index (χ4n) is 7.69. The number of rotatable bonds is 12. The van der Waals surface area contributed by atoms with Gasteiger partial charge in [0, 0.05) is 50.1 Å². The molecular formula is C50H44N8O6. The molecule has 14 nitrogen and oxygen atoms in total. The van der Waals surface area contributed by atoms with Gasteiger partial charge in [-0.2, -0.15) is 0 Å². The molecule has 0 saturated carbocycles. The Bertz CT molecular complexity index is 2730. The van der Waals surface area contributed by atoms with Crippen LogP contribution in [0.25, 0.3) is 33.2 Å². The number of benzene rings is 4. The summed E-state index contributed by atoms with van der Waals surface area (Å²) in [6.07, 6.45) is 16.6. The molecule has 14 heteroatoms. The first kappa shape index (κ1) is 41.7. The van der Waals surface area contributed by atoms with Crippen molar-refractivity contribution >= 4 is 44.8 Å². The molecule has 2 N–H and O–H groups in total. The van der Waals surface area contributed by atoms with E-state index < -0.39 is 0 Å². The van der Waals surface area contributed by atoms with Crippen molar-refractivity contribution in [1.82, 2.24) is 39.9 Å². The molecular weight excluding hydrogens is 809 g/mol. The monoisotopic (exact) mass is 852 g/mol. The van der Waals surface area contributed by atoms with E-state index in [4.69, 9.17) is 18.9 Å². The Morgan fingerprint density at radius 3 is 1.31 bits per heavy atom. The van der Waals surface area contributed by atoms with E-state index in [1.165, 1.54) is 0 Å². The van der Waals surface area contributed by atoms with Gasteiger partial charge in [-0.05, 0) is 122 Å². The topological polar surface area (TPSA) is 180 Å². The van der Waals surface area contributed by atoms with Crippen molar-refractivity contribution in [3.05, 3.63) is 168 Å². The lowest BCUT2D eigenvalue weighted by Crippen LogP contribution is -2.14. The average Bonchev–Trinajstić information content (AvgIpc) is 4.00. The maximum absolute atomic E-state index is 12.8. The van der Waals surface area contributed by atoms with E-state index in [0.29, 0.717) is 46.0 Å². The molecule has 10 rings (SSSR count). The van der Waals surface area contributed by atoms with Gasteiger partial charge < -0.3 is 28.9 Å². The second-order valence-corrected chi connectivity index (χ2v) is 15.3. The van der Waals surface area contributed by atoms with Gasteiger partial charge >= 0.3 is 0 Å². The first-order valence-electron chi connectivity index (χ1n) is 21.0. The number of para-hydroxylation sites is 4. The van der Waals surface area contributed by atoms with E-state index in [1.807, 2.05) is 48.5 Å². The standard InChI is InChI=1S/2C25H22N4O3/c2*1-31-18-10-6-16(7-11-18)22-25(27-15-14-26-22)32-19-12-8-17(9-13-19)23(30)24-28-20-4-2-3-5-21(20)29-24/h2*2-6,8-9,12-15,18H,7,10-11H2,1H3,(H,28,29)/t2*18-/m10/s1. The van der Waals surface area contributed by atoms with Crippen molar-refractivity contribution in [2.45, 2.75) is 50.7 Å². The van der Waals surface area contributed by atoms with Crippen molar-refractivity contribution in [2.24, 2.45) is 0 Å². The zero-order valence-electron chi connectivity index (χ0n) is 35.2. The molecule has 4 aromatic heterocycles. The van der Waals surface area contributed by atoms with Crippen LogP contribution in [-0.4, -0.2) is 77.9 Å². The van der Waals surface area contributed by atoms with Crippen LogP contribution < -0.4 is 9.47 Å². The molecule has 4 heterocycles. The molecule has 2 aliphatic carbocycles. The first-order valence-corrected chi connectivity index (χ1v) is 21.0. The zero-order valence-corrected chi connectivity index (χ0v) is 35.2. The number of ether oxygens (including phenoxy) is 4. The number of hydrogen-bond acceptors (Lipinski definition) is 12. The van der Waals surface area contributed by atoms with Crippen LogP contribution >= 0.6 is 0 Å². The Hall–Kier alpha value is -7.68. The normalized spacial score (nSPS) is 16.0. The van der Waals surface area contributed by atoms with Gasteiger partial charge in [0.25, 0.3) is 0 Å². The van der Waals surface area contributed by atoms with E-state index in [2.05, 4.69) is 52.0 Å². The Labute approximate surface area is 368 Å². The lowest BCUT2D eigenvalue weighted by atomic mass is 9.95. The summed E-state index contributed by atoms with van der Waals surface area (Å²) >= 11 is 0. The molecule has 0 aliphatic heterocycles. The number of methoxy groups -OCH3 is 2. The predicted molar refractivity (Wildman–Crippen MR) is 241 cm³/mol. The van der Waals surface area contributed by atoms with E-state index in [9.17, 15) is 9.59 Å². The molecule has 0 amide bonds. The molecule has 2 aliphatic rings. The van der Waals surface area contributed by atoms with Crippen LogP contribution in [0.15, 0.2) is 134 Å². The molecule has 8 aromatic rings. The van der Waals surface area contributed by atoms with E-state index in [1.54, 1.807) is 87.5 Å². The van der Waals surface area contributed by atoms with Crippen molar-refractivity contribution in [1.29, 1.82) is 0 Å². The molecule has 2 atom stereocenters. The number of H-pyrrole nitrogens is 2. The van der Waals surface area contributed by atoms with Crippen molar-refractivity contribution in [2.75, 3.05) is 14.2 Å². The summed E-state index contributed by atoms with van der Waals surface area (Å²) in [5, 5.41) is 0. The van der Waals surface area contributed by atoms with Gasteiger partial charge in [0.05, 0.1) is 34.3 Å². The van der Waals surface area contributed by atoms with E-state index >= 15 is 0 Å². The fourth-order valence-corrected chi connectivity index (χ4v) is 7.69. The van der Waals surface area contributed by atoms with Crippen molar-refractivity contribution < 1.29 is 28.5 Å². The molecule has 0 fully saturated rings. The molecule has 0 radical (unpaired) electrons. The van der Waals surface area contributed by atoms with Crippen LogP contribution in [-0.2, 0) is 9.47 Å². The summed E-state index contributed by atoms with van der Waals surface area (Å²) in [6.45, 7) is 0. The van der Waals surface area contributed by atoms with Gasteiger partial charge in [-0.1, -0.05) is 36.4 Å². The third-order valence-corrected chi connectivity index (χ3v) is 11.2. The lowest BCUT2D eigenvalue weighted by molar-refractivity contribution is 0.0963. The second kappa shape index (κ2) is 19.2. The summed E-state index contributed by atoms with van der Waals surface area (Å²) in [6, 6.07) is 29.0. The van der Waals surface area contributed by atoms with Crippen LogP contribution in [0.5, 0.6) is 23.3 Å². The molecule has 0 unspecified atom stereocenters. The Balaban J connectivity index is 0.000000162. The highest BCUT2D eigenvalue weighted by atomic mass is 16.5. The molecule has 320 valence electrons. The largest absolute Gasteiger partial charge is 0.437 e. The maximum Gasteiger partial charge on any atom is 0.245 e. The number of ketones is 2. The molecule has 0 spiro atoms. The summed E-state index contributed by atoms with van der Waals surface area (Å²) in [4.78, 5) is 58.3. The number of aromatic nitrogens is 8. The highest BCUT2D eigenvalue weighted by Crippen LogP contribution is 2.35. The second-order valence-electron chi connectivity index (χ2n) is 15.3. The SMILES string of the molecule is CO[C@@H]1CC=C(c2nccnc2Oc2ccc(C(=O)c3nc4ccccc4[nH]3)cc2)CC1.CO[C@H]1CC=C(c2nccnc2Oc2ccc(C(=O)c3nc4ccccc4[nH]3)cc2)CC1. The van der Waals surface area contributed by atoms with Crippen molar-refractivity contribution in [3.63, 3.8) is 0 Å². The number of hydrogen-bond donors (Lipinski definition) is 2. The molecule has 64 heavy (non-hydrogen) atoms. The van der Waals surface area contributed by atoms with Gasteiger partial charge in [0.15, 0.2) is 11.6 Å².